The number of rotatable bonds is 6. The summed E-state index contributed by atoms with van der Waals surface area (Å²) >= 11 is 0. The van der Waals surface area contributed by atoms with E-state index in [1.165, 1.54) is 57.8 Å². The number of fused-ring (bicyclic) bond motifs is 1. The number of hydrogen-bond donors (Lipinski definition) is 3. The van der Waals surface area contributed by atoms with Gasteiger partial charge in [0.1, 0.15) is 6.04 Å². The van der Waals surface area contributed by atoms with Crippen LogP contribution in [0.2, 0.25) is 0 Å². The van der Waals surface area contributed by atoms with Gasteiger partial charge in [-0.15, -0.1) is 0 Å². The largest absolute Gasteiger partial charge is 0.357 e. The molecule has 4 saturated carbocycles. The lowest BCUT2D eigenvalue weighted by molar-refractivity contribution is -0.132. The van der Waals surface area contributed by atoms with E-state index in [0.29, 0.717) is 11.8 Å². The molecule has 0 heterocycles. The van der Waals surface area contributed by atoms with Gasteiger partial charge in [-0.3, -0.25) is 19.2 Å². The molecule has 3 amide bonds. The topological polar surface area (TPSA) is 104 Å². The van der Waals surface area contributed by atoms with Crippen molar-refractivity contribution in [3.8, 4) is 0 Å². The first kappa shape index (κ1) is 30.6. The zero-order chi connectivity index (χ0) is 28.5. The average Bonchev–Trinajstić information content (AvgIpc) is 3.74. The summed E-state index contributed by atoms with van der Waals surface area (Å²) in [6.07, 6.45) is 12.1. The first-order valence-corrected chi connectivity index (χ1v) is 14.9. The predicted molar refractivity (Wildman–Crippen MR) is 150 cm³/mol. The van der Waals surface area contributed by atoms with Crippen LogP contribution in [0.4, 0.5) is 0 Å². The zero-order valence-corrected chi connectivity index (χ0v) is 25.2. The molecule has 5 unspecified atom stereocenters. The zero-order valence-electron chi connectivity index (χ0n) is 25.2. The maximum Gasteiger partial charge on any atom is 0.242 e. The van der Waals surface area contributed by atoms with Gasteiger partial charge in [-0.1, -0.05) is 73.6 Å². The molecule has 7 nitrogen and oxygen atoms in total. The smallest absolute Gasteiger partial charge is 0.242 e. The van der Waals surface area contributed by atoms with E-state index in [4.69, 9.17) is 0 Å². The molecule has 0 saturated heterocycles. The maximum absolute atomic E-state index is 12.5. The van der Waals surface area contributed by atoms with E-state index in [1.807, 2.05) is 41.5 Å². The standard InChI is InChI=1S/C16H28N2O2.C15H25NO2/c1-15(2,3)12(14(20)17-4)18-13(19)11-10-16(11)8-6-5-7-9-16;1-9(17)13(15(2,3)4)16-14(18)12-10-7-5-6-8-11(10)12/h11-12H,5-10H2,1-4H3,(H,17,20)(H,18,19);10-13H,5-8H2,1-4H3,(H,16,18). The average molecular weight is 532 g/mol. The Morgan fingerprint density at radius 2 is 1.24 bits per heavy atom. The van der Waals surface area contributed by atoms with E-state index in [2.05, 4.69) is 16.0 Å². The number of ketones is 1. The van der Waals surface area contributed by atoms with E-state index in [-0.39, 0.29) is 57.6 Å². The van der Waals surface area contributed by atoms with Crippen molar-refractivity contribution in [1.29, 1.82) is 0 Å². The summed E-state index contributed by atoms with van der Waals surface area (Å²) in [6.45, 7) is 13.5. The predicted octanol–water partition coefficient (Wildman–Crippen LogP) is 4.78. The summed E-state index contributed by atoms with van der Waals surface area (Å²) in [7, 11) is 1.62. The Bertz CT molecular complexity index is 882. The second-order valence-corrected chi connectivity index (χ2v) is 14.7. The van der Waals surface area contributed by atoms with Crippen molar-refractivity contribution in [3.05, 3.63) is 0 Å². The maximum atomic E-state index is 12.5. The lowest BCUT2D eigenvalue weighted by Gasteiger charge is -2.30. The van der Waals surface area contributed by atoms with Crippen LogP contribution in [0.25, 0.3) is 0 Å². The van der Waals surface area contributed by atoms with E-state index in [9.17, 15) is 19.2 Å². The third-order valence-corrected chi connectivity index (χ3v) is 9.54. The van der Waals surface area contributed by atoms with Crippen LogP contribution < -0.4 is 16.0 Å². The molecule has 4 aliphatic carbocycles. The van der Waals surface area contributed by atoms with Crippen molar-refractivity contribution in [2.24, 2.45) is 39.9 Å². The van der Waals surface area contributed by atoms with Crippen molar-refractivity contribution in [2.45, 2.75) is 125 Å². The Morgan fingerprint density at radius 3 is 1.68 bits per heavy atom. The highest BCUT2D eigenvalue weighted by Crippen LogP contribution is 2.61. The molecule has 0 aliphatic heterocycles. The molecule has 0 aromatic rings. The lowest BCUT2D eigenvalue weighted by atomic mass is 9.83. The Labute approximate surface area is 230 Å². The van der Waals surface area contributed by atoms with Crippen LogP contribution in [0.15, 0.2) is 0 Å². The monoisotopic (exact) mass is 531 g/mol. The fourth-order valence-corrected chi connectivity index (χ4v) is 7.14. The number of carbonyl (C=O) groups is 4. The summed E-state index contributed by atoms with van der Waals surface area (Å²) in [6, 6.07) is -0.811. The Morgan fingerprint density at radius 1 is 0.737 bits per heavy atom. The molecule has 3 N–H and O–H groups in total. The number of amides is 3. The number of Topliss-reactive ketones (excluding diaryl/α,β-unsaturated/α-hetero) is 1. The van der Waals surface area contributed by atoms with E-state index < -0.39 is 6.04 Å². The van der Waals surface area contributed by atoms with Gasteiger partial charge in [0.05, 0.1) is 6.04 Å². The van der Waals surface area contributed by atoms with Crippen molar-refractivity contribution in [3.63, 3.8) is 0 Å². The van der Waals surface area contributed by atoms with Gasteiger partial charge in [0.2, 0.25) is 17.7 Å². The molecule has 4 fully saturated rings. The molecule has 4 rings (SSSR count). The third-order valence-electron chi connectivity index (χ3n) is 9.54. The molecule has 0 aromatic heterocycles. The third kappa shape index (κ3) is 7.18. The fourth-order valence-electron chi connectivity index (χ4n) is 7.14. The van der Waals surface area contributed by atoms with Crippen LogP contribution in [0.3, 0.4) is 0 Å². The minimum Gasteiger partial charge on any atom is -0.357 e. The second kappa shape index (κ2) is 11.7. The molecule has 5 atom stereocenters. The molecule has 0 aromatic carbocycles. The van der Waals surface area contributed by atoms with Gasteiger partial charge in [0.25, 0.3) is 0 Å². The molecule has 38 heavy (non-hydrogen) atoms. The van der Waals surface area contributed by atoms with Crippen LogP contribution in [0, 0.1) is 39.9 Å². The van der Waals surface area contributed by atoms with Crippen LogP contribution >= 0.6 is 0 Å². The normalized spacial score (nSPS) is 28.9. The molecule has 0 bridgehead atoms. The van der Waals surface area contributed by atoms with E-state index in [0.717, 1.165) is 6.42 Å². The second-order valence-electron chi connectivity index (χ2n) is 14.7. The van der Waals surface area contributed by atoms with Crippen LogP contribution in [0.5, 0.6) is 0 Å². The summed E-state index contributed by atoms with van der Waals surface area (Å²) < 4.78 is 0. The van der Waals surface area contributed by atoms with Gasteiger partial charge in [0.15, 0.2) is 5.78 Å². The van der Waals surface area contributed by atoms with Gasteiger partial charge >= 0.3 is 0 Å². The van der Waals surface area contributed by atoms with Crippen LogP contribution in [0.1, 0.15) is 113 Å². The van der Waals surface area contributed by atoms with Crippen molar-refractivity contribution < 1.29 is 19.2 Å². The van der Waals surface area contributed by atoms with E-state index in [1.54, 1.807) is 14.0 Å². The number of hydrogen-bond acceptors (Lipinski definition) is 4. The number of carbonyl (C=O) groups excluding carboxylic acids is 4. The Kier molecular flexibility index (Phi) is 9.41. The van der Waals surface area contributed by atoms with Gasteiger partial charge in [0, 0.05) is 18.9 Å². The quantitative estimate of drug-likeness (QED) is 0.459. The van der Waals surface area contributed by atoms with Gasteiger partial charge < -0.3 is 16.0 Å². The lowest BCUT2D eigenvalue weighted by Crippen LogP contribution is -2.53. The minimum atomic E-state index is -0.457. The molecular weight excluding hydrogens is 478 g/mol. The first-order valence-electron chi connectivity index (χ1n) is 14.9. The highest BCUT2D eigenvalue weighted by Gasteiger charge is 2.58. The number of nitrogens with one attached hydrogen (secondary N) is 3. The highest BCUT2D eigenvalue weighted by atomic mass is 16.2. The fraction of sp³-hybridized carbons (Fsp3) is 0.871. The molecule has 4 aliphatic rings. The van der Waals surface area contributed by atoms with Crippen LogP contribution in [-0.2, 0) is 19.2 Å². The molecular formula is C31H53N3O4. The van der Waals surface area contributed by atoms with E-state index >= 15 is 0 Å². The highest BCUT2D eigenvalue weighted by molar-refractivity contribution is 5.91. The summed E-state index contributed by atoms with van der Waals surface area (Å²) in [5.41, 5.74) is -0.209. The molecule has 216 valence electrons. The van der Waals surface area contributed by atoms with Crippen molar-refractivity contribution in [1.82, 2.24) is 16.0 Å². The molecule has 0 radical (unpaired) electrons. The first-order chi connectivity index (χ1) is 17.6. The molecule has 1 spiro atoms. The van der Waals surface area contributed by atoms with Crippen molar-refractivity contribution >= 4 is 23.5 Å². The Balaban J connectivity index is 0.000000212. The Hall–Kier alpha value is -1.92. The van der Waals surface area contributed by atoms with Crippen LogP contribution in [-0.4, -0.2) is 42.6 Å². The number of likely N-dealkylation sites (N-methyl/N-ethyl adjacent to an activating group) is 1. The summed E-state index contributed by atoms with van der Waals surface area (Å²) in [5.74, 6) is 1.67. The van der Waals surface area contributed by atoms with Gasteiger partial charge in [-0.25, -0.2) is 0 Å². The van der Waals surface area contributed by atoms with Gasteiger partial charge in [-0.05, 0) is 67.1 Å². The minimum absolute atomic E-state index is 0.0551. The molecule has 7 heteroatoms. The summed E-state index contributed by atoms with van der Waals surface area (Å²) in [5, 5.41) is 8.63. The van der Waals surface area contributed by atoms with Crippen molar-refractivity contribution in [2.75, 3.05) is 7.05 Å². The SMILES string of the molecule is CC(=O)C(NC(=O)C1C2CCCCC21)C(C)(C)C.CNC(=O)C(NC(=O)C1CC12CCCCC2)C(C)(C)C. The van der Waals surface area contributed by atoms with Gasteiger partial charge in [-0.2, -0.15) is 0 Å². The summed E-state index contributed by atoms with van der Waals surface area (Å²) in [4.78, 5) is 48.4.